The monoisotopic (exact) mass is 426 g/mol. The molecule has 166 valence electrons. The number of carbonyl (C=O) groups is 1. The van der Waals surface area contributed by atoms with Crippen LogP contribution >= 0.6 is 0 Å². The van der Waals surface area contributed by atoms with Crippen LogP contribution < -0.4 is 21.7 Å². The second-order valence-corrected chi connectivity index (χ2v) is 7.12. The lowest BCUT2D eigenvalue weighted by atomic mass is 9.74. The SMILES string of the molecule is CCN(/C(C)=C/NC(=O)COC1(C(/C=C(\N)OC)=C/N)CCC1)c1ccc(C#N)cn1. The van der Waals surface area contributed by atoms with Crippen LogP contribution in [0.4, 0.5) is 5.82 Å². The first kappa shape index (κ1) is 23.8. The van der Waals surface area contributed by atoms with Gasteiger partial charge in [0.05, 0.1) is 18.3 Å². The lowest BCUT2D eigenvalue weighted by Crippen LogP contribution is -2.44. The number of nitrogens with zero attached hydrogens (tertiary/aromatic N) is 3. The van der Waals surface area contributed by atoms with E-state index in [9.17, 15) is 4.79 Å². The zero-order chi connectivity index (χ0) is 22.9. The molecule has 0 unspecified atom stereocenters. The van der Waals surface area contributed by atoms with Crippen LogP contribution in [0.1, 0.15) is 38.7 Å². The topological polar surface area (TPSA) is 140 Å². The number of hydrogen-bond donors (Lipinski definition) is 3. The highest BCUT2D eigenvalue weighted by molar-refractivity contribution is 5.78. The Morgan fingerprint density at radius 1 is 1.45 bits per heavy atom. The summed E-state index contributed by atoms with van der Waals surface area (Å²) < 4.78 is 10.9. The van der Waals surface area contributed by atoms with Gasteiger partial charge in [-0.15, -0.1) is 0 Å². The van der Waals surface area contributed by atoms with Gasteiger partial charge in [-0.05, 0) is 45.2 Å². The standard InChI is InChI=1S/C22H30N6O3/c1-4-28(20-7-6-17(11-23)14-26-20)16(2)13-27-21(29)15-31-22(8-5-9-22)18(12-24)10-19(25)30-3/h6-7,10,12-14H,4-5,8-9,15,24-25H2,1-3H3,(H,27,29)/b16-13+,18-12+,19-10+. The van der Waals surface area contributed by atoms with Gasteiger partial charge in [-0.25, -0.2) is 4.98 Å². The number of pyridine rings is 1. The van der Waals surface area contributed by atoms with E-state index >= 15 is 0 Å². The van der Waals surface area contributed by atoms with Crippen LogP contribution in [0.3, 0.4) is 0 Å². The number of allylic oxidation sites excluding steroid dienone is 1. The number of nitrogens with two attached hydrogens (primary N) is 2. The number of anilines is 1. The first-order valence-electron chi connectivity index (χ1n) is 10.1. The van der Waals surface area contributed by atoms with Crippen LogP contribution in [-0.2, 0) is 14.3 Å². The van der Waals surface area contributed by atoms with E-state index < -0.39 is 5.60 Å². The maximum atomic E-state index is 12.4. The predicted molar refractivity (Wildman–Crippen MR) is 118 cm³/mol. The zero-order valence-corrected chi connectivity index (χ0v) is 18.2. The number of nitriles is 1. The Labute approximate surface area is 183 Å². The number of hydrogen-bond acceptors (Lipinski definition) is 8. The molecule has 0 spiro atoms. The Balaban J connectivity index is 1.99. The predicted octanol–water partition coefficient (Wildman–Crippen LogP) is 1.99. The number of carbonyl (C=O) groups excluding carboxylic acids is 1. The van der Waals surface area contributed by atoms with Gasteiger partial charge in [0, 0.05) is 42.5 Å². The van der Waals surface area contributed by atoms with Crippen LogP contribution in [-0.4, -0.2) is 36.8 Å². The van der Waals surface area contributed by atoms with Crippen molar-refractivity contribution < 1.29 is 14.3 Å². The van der Waals surface area contributed by atoms with Crippen molar-refractivity contribution in [2.75, 3.05) is 25.2 Å². The van der Waals surface area contributed by atoms with E-state index in [1.165, 1.54) is 19.5 Å². The third-order valence-electron chi connectivity index (χ3n) is 5.22. The van der Waals surface area contributed by atoms with E-state index in [0.29, 0.717) is 23.5 Å². The first-order valence-corrected chi connectivity index (χ1v) is 10.1. The molecule has 0 saturated heterocycles. The summed E-state index contributed by atoms with van der Waals surface area (Å²) in [6, 6.07) is 5.52. The molecular weight excluding hydrogens is 396 g/mol. The van der Waals surface area contributed by atoms with Crippen molar-refractivity contribution in [2.24, 2.45) is 11.5 Å². The molecule has 0 aliphatic heterocycles. The van der Waals surface area contributed by atoms with Crippen molar-refractivity contribution in [1.82, 2.24) is 10.3 Å². The van der Waals surface area contributed by atoms with E-state index in [2.05, 4.69) is 10.3 Å². The normalized spacial score (nSPS) is 16.1. The summed E-state index contributed by atoms with van der Waals surface area (Å²) in [5.74, 6) is 0.634. The molecule has 0 radical (unpaired) electrons. The number of nitrogens with one attached hydrogen (secondary N) is 1. The molecule has 31 heavy (non-hydrogen) atoms. The van der Waals surface area contributed by atoms with Crippen LogP contribution in [0, 0.1) is 11.3 Å². The van der Waals surface area contributed by atoms with Crippen molar-refractivity contribution in [1.29, 1.82) is 5.26 Å². The molecule has 9 heteroatoms. The minimum absolute atomic E-state index is 0.122. The summed E-state index contributed by atoms with van der Waals surface area (Å²) in [5, 5.41) is 11.7. The van der Waals surface area contributed by atoms with Gasteiger partial charge in [0.25, 0.3) is 0 Å². The van der Waals surface area contributed by atoms with E-state index in [0.717, 1.165) is 25.0 Å². The molecule has 0 atom stereocenters. The molecule has 1 aromatic rings. The van der Waals surface area contributed by atoms with Gasteiger partial charge < -0.3 is 31.2 Å². The highest BCUT2D eigenvalue weighted by Gasteiger charge is 2.41. The van der Waals surface area contributed by atoms with E-state index in [1.54, 1.807) is 24.4 Å². The number of amides is 1. The van der Waals surface area contributed by atoms with E-state index in [-0.39, 0.29) is 18.4 Å². The maximum absolute atomic E-state index is 12.4. The molecule has 1 amide bonds. The highest BCUT2D eigenvalue weighted by Crippen LogP contribution is 2.42. The largest absolute Gasteiger partial charge is 0.483 e. The number of methoxy groups -OCH3 is 1. The van der Waals surface area contributed by atoms with Crippen molar-refractivity contribution in [3.63, 3.8) is 0 Å². The Morgan fingerprint density at radius 2 is 2.19 bits per heavy atom. The molecule has 1 aliphatic rings. The lowest BCUT2D eigenvalue weighted by Gasteiger charge is -2.42. The molecular formula is C22H30N6O3. The Kier molecular flexibility index (Phi) is 8.46. The Bertz CT molecular complexity index is 895. The summed E-state index contributed by atoms with van der Waals surface area (Å²) in [5.41, 5.74) is 12.9. The molecule has 1 heterocycles. The third-order valence-corrected chi connectivity index (χ3v) is 5.22. The molecule has 5 N–H and O–H groups in total. The van der Waals surface area contributed by atoms with Gasteiger partial charge in [0.1, 0.15) is 18.5 Å². The molecule has 1 saturated carbocycles. The van der Waals surface area contributed by atoms with Crippen molar-refractivity contribution in [3.05, 3.63) is 59.5 Å². The van der Waals surface area contributed by atoms with E-state index in [4.69, 9.17) is 26.2 Å². The fourth-order valence-electron chi connectivity index (χ4n) is 3.27. The van der Waals surface area contributed by atoms with Gasteiger partial charge in [-0.3, -0.25) is 4.79 Å². The number of ether oxygens (including phenoxy) is 2. The first-order chi connectivity index (χ1) is 14.9. The van der Waals surface area contributed by atoms with Gasteiger partial charge in [-0.1, -0.05) is 0 Å². The second-order valence-electron chi connectivity index (χ2n) is 7.12. The smallest absolute Gasteiger partial charge is 0.250 e. The van der Waals surface area contributed by atoms with Crippen LogP contribution in [0.15, 0.2) is 54.0 Å². The average molecular weight is 427 g/mol. The molecule has 1 aliphatic carbocycles. The fourth-order valence-corrected chi connectivity index (χ4v) is 3.27. The Morgan fingerprint density at radius 3 is 2.68 bits per heavy atom. The van der Waals surface area contributed by atoms with Gasteiger partial charge in [-0.2, -0.15) is 5.26 Å². The van der Waals surface area contributed by atoms with E-state index in [1.807, 2.05) is 24.8 Å². The fraction of sp³-hybridized carbons (Fsp3) is 0.409. The lowest BCUT2D eigenvalue weighted by molar-refractivity contribution is -0.135. The summed E-state index contributed by atoms with van der Waals surface area (Å²) >= 11 is 0. The molecule has 0 bridgehead atoms. The molecule has 9 nitrogen and oxygen atoms in total. The van der Waals surface area contributed by atoms with Gasteiger partial charge >= 0.3 is 0 Å². The summed E-state index contributed by atoms with van der Waals surface area (Å²) in [7, 11) is 1.48. The Hall–Kier alpha value is -3.51. The molecule has 0 aromatic carbocycles. The molecule has 1 aromatic heterocycles. The zero-order valence-electron chi connectivity index (χ0n) is 18.2. The number of rotatable bonds is 10. The van der Waals surface area contributed by atoms with Crippen molar-refractivity contribution in [3.8, 4) is 6.07 Å². The number of aromatic nitrogens is 1. The summed E-state index contributed by atoms with van der Waals surface area (Å²) in [6.07, 6.45) is 8.68. The van der Waals surface area contributed by atoms with Gasteiger partial charge in [0.2, 0.25) is 5.91 Å². The molecule has 1 fully saturated rings. The van der Waals surface area contributed by atoms with Crippen LogP contribution in [0.5, 0.6) is 0 Å². The van der Waals surface area contributed by atoms with Crippen LogP contribution in [0.25, 0.3) is 0 Å². The minimum Gasteiger partial charge on any atom is -0.483 e. The molecule has 2 rings (SSSR count). The highest BCUT2D eigenvalue weighted by atomic mass is 16.5. The van der Waals surface area contributed by atoms with Crippen LogP contribution in [0.2, 0.25) is 0 Å². The summed E-state index contributed by atoms with van der Waals surface area (Å²) in [4.78, 5) is 18.6. The quantitative estimate of drug-likeness (QED) is 0.381. The van der Waals surface area contributed by atoms with Gasteiger partial charge in [0.15, 0.2) is 5.88 Å². The third kappa shape index (κ3) is 5.99. The minimum atomic E-state index is -0.629. The van der Waals surface area contributed by atoms with Crippen molar-refractivity contribution in [2.45, 2.75) is 38.7 Å². The average Bonchev–Trinajstić information content (AvgIpc) is 2.76. The summed E-state index contributed by atoms with van der Waals surface area (Å²) in [6.45, 7) is 4.37. The maximum Gasteiger partial charge on any atom is 0.250 e. The second kappa shape index (κ2) is 11.0. The van der Waals surface area contributed by atoms with Crippen molar-refractivity contribution >= 4 is 11.7 Å².